The normalized spacial score (nSPS) is 20.1. The van der Waals surface area contributed by atoms with E-state index >= 15 is 0 Å². The first-order chi connectivity index (χ1) is 15.7. The highest BCUT2D eigenvalue weighted by molar-refractivity contribution is 5.88. The first kappa shape index (κ1) is 29.2. The van der Waals surface area contributed by atoms with Crippen LogP contribution in [0.4, 0.5) is 4.79 Å². The van der Waals surface area contributed by atoms with Crippen LogP contribution in [0, 0.1) is 17.8 Å². The predicted molar refractivity (Wildman–Crippen MR) is 123 cm³/mol. The lowest BCUT2D eigenvalue weighted by molar-refractivity contribution is -0.147. The molecule has 1 saturated carbocycles. The number of rotatable bonds is 11. The zero-order valence-electron chi connectivity index (χ0n) is 20.7. The third-order valence-electron chi connectivity index (χ3n) is 5.49. The van der Waals surface area contributed by atoms with E-state index < -0.39 is 54.0 Å². The van der Waals surface area contributed by atoms with Gasteiger partial charge in [-0.2, -0.15) is 0 Å². The Morgan fingerprint density at radius 2 is 1.53 bits per heavy atom. The van der Waals surface area contributed by atoms with Crippen LogP contribution < -0.4 is 16.0 Å². The molecule has 2 atom stereocenters. The van der Waals surface area contributed by atoms with E-state index in [1.165, 1.54) is 0 Å². The second-order valence-electron chi connectivity index (χ2n) is 10.3. The molecule has 11 heteroatoms. The maximum Gasteiger partial charge on any atom is 0.408 e. The Balaban J connectivity index is 2.53. The largest absolute Gasteiger partial charge is 0.481 e. The Labute approximate surface area is 200 Å². The number of carboxylic acid groups (broad SMARTS) is 2. The number of amides is 3. The quantitative estimate of drug-likeness (QED) is 0.295. The van der Waals surface area contributed by atoms with Gasteiger partial charge in [-0.1, -0.05) is 13.8 Å². The van der Waals surface area contributed by atoms with Gasteiger partial charge in [0.2, 0.25) is 11.8 Å². The lowest BCUT2D eigenvalue weighted by atomic mass is 9.81. The number of alkyl carbamates (subject to hydrolysis) is 1. The molecule has 1 rings (SSSR count). The molecule has 0 radical (unpaired) electrons. The molecule has 0 aliphatic heterocycles. The van der Waals surface area contributed by atoms with E-state index in [4.69, 9.17) is 14.9 Å². The highest BCUT2D eigenvalue weighted by Crippen LogP contribution is 2.28. The van der Waals surface area contributed by atoms with Gasteiger partial charge in [-0.15, -0.1) is 0 Å². The van der Waals surface area contributed by atoms with Gasteiger partial charge in [-0.05, 0) is 64.7 Å². The third kappa shape index (κ3) is 11.3. The van der Waals surface area contributed by atoms with Gasteiger partial charge in [0.05, 0.1) is 6.42 Å². The monoisotopic (exact) mass is 485 g/mol. The Morgan fingerprint density at radius 3 is 2.00 bits per heavy atom. The molecular formula is C23H39N3O8. The highest BCUT2D eigenvalue weighted by Gasteiger charge is 2.31. The van der Waals surface area contributed by atoms with Gasteiger partial charge in [0.1, 0.15) is 17.7 Å². The molecule has 1 aliphatic carbocycles. The molecule has 1 aliphatic rings. The van der Waals surface area contributed by atoms with Crippen molar-refractivity contribution in [2.45, 2.75) is 90.8 Å². The van der Waals surface area contributed by atoms with Crippen LogP contribution in [0.3, 0.4) is 0 Å². The Bertz CT molecular complexity index is 739. The van der Waals surface area contributed by atoms with E-state index in [1.54, 1.807) is 20.8 Å². The Kier molecular flexibility index (Phi) is 11.3. The molecular weight excluding hydrogens is 446 g/mol. The number of aliphatic carboxylic acids is 2. The molecule has 0 aromatic rings. The van der Waals surface area contributed by atoms with Gasteiger partial charge in [-0.25, -0.2) is 9.59 Å². The summed E-state index contributed by atoms with van der Waals surface area (Å²) in [5.41, 5.74) is -0.675. The zero-order chi connectivity index (χ0) is 26.1. The van der Waals surface area contributed by atoms with E-state index in [0.29, 0.717) is 38.6 Å². The van der Waals surface area contributed by atoms with Crippen molar-refractivity contribution >= 4 is 29.8 Å². The van der Waals surface area contributed by atoms with Crippen LogP contribution in [0.1, 0.15) is 73.1 Å². The minimum atomic E-state index is -1.46. The number of nitrogens with one attached hydrogen (secondary N) is 3. The van der Waals surface area contributed by atoms with Crippen molar-refractivity contribution in [2.75, 3.05) is 6.54 Å². The number of ether oxygens (including phenoxy) is 1. The molecule has 0 heterocycles. The van der Waals surface area contributed by atoms with E-state index in [9.17, 15) is 24.0 Å². The van der Waals surface area contributed by atoms with Crippen LogP contribution in [0.15, 0.2) is 0 Å². The number of carboxylic acids is 2. The van der Waals surface area contributed by atoms with Crippen LogP contribution in [-0.2, 0) is 23.9 Å². The van der Waals surface area contributed by atoms with E-state index in [-0.39, 0.29) is 17.7 Å². The molecule has 3 amide bonds. The number of hydrogen-bond acceptors (Lipinski definition) is 6. The van der Waals surface area contributed by atoms with Crippen LogP contribution in [0.2, 0.25) is 0 Å². The van der Waals surface area contributed by atoms with Crippen molar-refractivity contribution in [2.24, 2.45) is 17.8 Å². The molecule has 34 heavy (non-hydrogen) atoms. The molecule has 11 nitrogen and oxygen atoms in total. The summed E-state index contributed by atoms with van der Waals surface area (Å²) in [6.07, 6.45) is 1.46. The summed E-state index contributed by atoms with van der Waals surface area (Å²) in [6.45, 7) is 9.54. The average Bonchev–Trinajstić information content (AvgIpc) is 2.69. The van der Waals surface area contributed by atoms with Crippen LogP contribution in [-0.4, -0.2) is 64.3 Å². The Morgan fingerprint density at radius 1 is 0.941 bits per heavy atom. The van der Waals surface area contributed by atoms with Gasteiger partial charge in [0, 0.05) is 12.5 Å². The first-order valence-electron chi connectivity index (χ1n) is 11.7. The molecule has 0 aromatic heterocycles. The summed E-state index contributed by atoms with van der Waals surface area (Å²) >= 11 is 0. The van der Waals surface area contributed by atoms with Gasteiger partial charge in [0.15, 0.2) is 0 Å². The fourth-order valence-corrected chi connectivity index (χ4v) is 3.81. The summed E-state index contributed by atoms with van der Waals surface area (Å²) < 4.78 is 5.25. The maximum absolute atomic E-state index is 12.7. The van der Waals surface area contributed by atoms with Gasteiger partial charge < -0.3 is 30.9 Å². The molecule has 0 bridgehead atoms. The molecule has 0 aromatic carbocycles. The molecule has 0 spiro atoms. The van der Waals surface area contributed by atoms with Crippen molar-refractivity contribution in [3.8, 4) is 0 Å². The molecule has 2 unspecified atom stereocenters. The van der Waals surface area contributed by atoms with Crippen molar-refractivity contribution in [3.05, 3.63) is 0 Å². The topological polar surface area (TPSA) is 171 Å². The van der Waals surface area contributed by atoms with Crippen molar-refractivity contribution in [1.82, 2.24) is 16.0 Å². The third-order valence-corrected chi connectivity index (χ3v) is 5.49. The highest BCUT2D eigenvalue weighted by atomic mass is 16.6. The van der Waals surface area contributed by atoms with Crippen LogP contribution in [0.5, 0.6) is 0 Å². The summed E-state index contributed by atoms with van der Waals surface area (Å²) in [5.74, 6) is -3.52. The lowest BCUT2D eigenvalue weighted by Crippen LogP contribution is -2.50. The van der Waals surface area contributed by atoms with Crippen LogP contribution in [0.25, 0.3) is 0 Å². The second kappa shape index (κ2) is 13.1. The smallest absolute Gasteiger partial charge is 0.408 e. The van der Waals surface area contributed by atoms with Crippen LogP contribution >= 0.6 is 0 Å². The van der Waals surface area contributed by atoms with Gasteiger partial charge >= 0.3 is 18.0 Å². The standard InChI is InChI=1S/C23H39N3O8/c1-13(2)10-16(26-22(33)34-23(3,4)5)20(30)24-12-14-6-8-15(9-7-14)19(29)25-17(21(31)32)11-18(27)28/h13-17H,6-12H2,1-5H3,(H,24,30)(H,25,29)(H,26,33)(H,27,28)(H,31,32). The maximum atomic E-state index is 12.7. The molecule has 1 fully saturated rings. The number of carbonyl (C=O) groups excluding carboxylic acids is 3. The molecule has 194 valence electrons. The Hall–Kier alpha value is -2.85. The molecule has 5 N–H and O–H groups in total. The van der Waals surface area contributed by atoms with Crippen molar-refractivity contribution in [1.29, 1.82) is 0 Å². The van der Waals surface area contributed by atoms with Gasteiger partial charge in [0.25, 0.3) is 0 Å². The summed E-state index contributed by atoms with van der Waals surface area (Å²) in [4.78, 5) is 59.2. The minimum Gasteiger partial charge on any atom is -0.481 e. The minimum absolute atomic E-state index is 0.142. The fourth-order valence-electron chi connectivity index (χ4n) is 3.81. The summed E-state index contributed by atoms with van der Waals surface area (Å²) in [6, 6.07) is -2.18. The van der Waals surface area contributed by atoms with E-state index in [0.717, 1.165) is 0 Å². The number of carbonyl (C=O) groups is 5. The van der Waals surface area contributed by atoms with Crippen molar-refractivity contribution in [3.63, 3.8) is 0 Å². The van der Waals surface area contributed by atoms with Gasteiger partial charge in [-0.3, -0.25) is 14.4 Å². The predicted octanol–water partition coefficient (Wildman–Crippen LogP) is 1.89. The molecule has 0 saturated heterocycles. The zero-order valence-corrected chi connectivity index (χ0v) is 20.7. The van der Waals surface area contributed by atoms with Crippen molar-refractivity contribution < 1.29 is 38.9 Å². The number of hydrogen-bond donors (Lipinski definition) is 5. The summed E-state index contributed by atoms with van der Waals surface area (Å²) in [7, 11) is 0. The second-order valence-corrected chi connectivity index (χ2v) is 10.3. The lowest BCUT2D eigenvalue weighted by Gasteiger charge is -2.29. The van der Waals surface area contributed by atoms with E-state index in [1.807, 2.05) is 13.8 Å². The first-order valence-corrected chi connectivity index (χ1v) is 11.7. The fraction of sp³-hybridized carbons (Fsp3) is 0.783. The average molecular weight is 486 g/mol. The van der Waals surface area contributed by atoms with E-state index in [2.05, 4.69) is 16.0 Å². The summed E-state index contributed by atoms with van der Waals surface area (Å²) in [5, 5.41) is 25.7. The SMILES string of the molecule is CC(C)CC(NC(=O)OC(C)(C)C)C(=O)NCC1CCC(C(=O)NC(CC(=O)O)C(=O)O)CC1.